The van der Waals surface area contributed by atoms with Gasteiger partial charge in [-0.25, -0.2) is 17.9 Å². The molecule has 0 radical (unpaired) electrons. The number of nitro groups is 1. The number of ether oxygens (including phenoxy) is 1. The van der Waals surface area contributed by atoms with Crippen molar-refractivity contribution in [3.8, 4) is 0 Å². The van der Waals surface area contributed by atoms with Crippen molar-refractivity contribution in [2.45, 2.75) is 49.6 Å². The molecule has 2 aliphatic heterocycles. The highest BCUT2D eigenvalue weighted by Crippen LogP contribution is 2.47. The topological polar surface area (TPSA) is 155 Å². The predicted octanol–water partition coefficient (Wildman–Crippen LogP) is 0.352. The number of hydrogen-bond donors (Lipinski definition) is 0. The maximum absolute atomic E-state index is 13.2. The lowest BCUT2D eigenvalue weighted by atomic mass is 9.96. The zero-order valence-corrected chi connectivity index (χ0v) is 17.5. The molecule has 0 N–H and O–H groups in total. The van der Waals surface area contributed by atoms with Gasteiger partial charge in [-0.1, -0.05) is 5.21 Å². The number of aryl methyl sites for hydroxylation is 1. The summed E-state index contributed by atoms with van der Waals surface area (Å²) in [4.78, 5) is 36.5. The molecule has 2 fully saturated rings. The van der Waals surface area contributed by atoms with Crippen LogP contribution >= 0.6 is 0 Å². The summed E-state index contributed by atoms with van der Waals surface area (Å²) >= 11 is 0. The molecule has 0 spiro atoms. The molecule has 1 aromatic heterocycles. The molecule has 12 nitrogen and oxygen atoms in total. The highest BCUT2D eigenvalue weighted by Gasteiger charge is 2.70. The smallest absolute Gasteiger partial charge is 0.330 e. The lowest BCUT2D eigenvalue weighted by Gasteiger charge is -2.36. The Morgan fingerprint density at radius 3 is 2.58 bits per heavy atom. The SMILES string of the molecule is Cc1cnnn1C[C@@]1(C)[C@H](C(=O)OCc2ccc([N+](=O)[O-])cc2)N2C(=O)C[C@@H]2S1(=O)=O. The quantitative estimate of drug-likeness (QED) is 0.263. The van der Waals surface area contributed by atoms with Crippen molar-refractivity contribution >= 4 is 27.4 Å². The molecule has 4 rings (SSSR count). The number of nitrogens with zero attached hydrogens (tertiary/aromatic N) is 5. The molecule has 13 heteroatoms. The Hall–Kier alpha value is -3.35. The molecular formula is C18H19N5O7S. The van der Waals surface area contributed by atoms with Crippen LogP contribution in [0.15, 0.2) is 30.5 Å². The first-order chi connectivity index (χ1) is 14.6. The second kappa shape index (κ2) is 7.11. The van der Waals surface area contributed by atoms with E-state index in [9.17, 15) is 28.1 Å². The van der Waals surface area contributed by atoms with E-state index in [1.807, 2.05) is 0 Å². The summed E-state index contributed by atoms with van der Waals surface area (Å²) < 4.78 is 31.5. The number of aromatic nitrogens is 3. The first-order valence-electron chi connectivity index (χ1n) is 9.36. The number of esters is 1. The third-order valence-corrected chi connectivity index (χ3v) is 8.60. The first kappa shape index (κ1) is 20.9. The van der Waals surface area contributed by atoms with Crippen LogP contribution in [0.2, 0.25) is 0 Å². The fraction of sp³-hybridized carbons (Fsp3) is 0.444. The summed E-state index contributed by atoms with van der Waals surface area (Å²) in [5.41, 5.74) is 0.983. The van der Waals surface area contributed by atoms with Gasteiger partial charge in [0.15, 0.2) is 15.9 Å². The molecule has 164 valence electrons. The number of sulfone groups is 1. The summed E-state index contributed by atoms with van der Waals surface area (Å²) in [7, 11) is -3.91. The molecule has 3 heterocycles. The van der Waals surface area contributed by atoms with Gasteiger partial charge in [0.25, 0.3) is 5.69 Å². The van der Waals surface area contributed by atoms with E-state index in [2.05, 4.69) is 10.3 Å². The van der Waals surface area contributed by atoms with Crippen molar-refractivity contribution in [2.24, 2.45) is 0 Å². The number of carbonyl (C=O) groups is 2. The van der Waals surface area contributed by atoms with Crippen LogP contribution in [0.3, 0.4) is 0 Å². The molecule has 3 atom stereocenters. The Labute approximate surface area is 176 Å². The molecular weight excluding hydrogens is 430 g/mol. The molecule has 0 saturated carbocycles. The second-order valence-corrected chi connectivity index (χ2v) is 10.4. The molecule has 2 aliphatic rings. The first-order valence-corrected chi connectivity index (χ1v) is 10.9. The number of rotatable bonds is 6. The van der Waals surface area contributed by atoms with E-state index in [0.29, 0.717) is 11.3 Å². The number of benzene rings is 1. The largest absolute Gasteiger partial charge is 0.459 e. The van der Waals surface area contributed by atoms with Crippen LogP contribution in [0.1, 0.15) is 24.6 Å². The number of β-lactam (4-membered cyclic amide) rings is 1. The molecule has 31 heavy (non-hydrogen) atoms. The van der Waals surface area contributed by atoms with Gasteiger partial charge in [-0.3, -0.25) is 14.9 Å². The average Bonchev–Trinajstić information content (AvgIpc) is 3.17. The third kappa shape index (κ3) is 3.15. The van der Waals surface area contributed by atoms with Crippen LogP contribution in [0.4, 0.5) is 5.69 Å². The Bertz CT molecular complexity index is 1180. The number of non-ortho nitro benzene ring substituents is 1. The molecule has 0 unspecified atom stereocenters. The van der Waals surface area contributed by atoms with Gasteiger partial charge in [-0.05, 0) is 31.5 Å². The standard InChI is InChI=1S/C18H19N5O7S/c1-11-8-19-20-21(11)10-18(2)16(22-14(24)7-15(22)31(18,28)29)17(25)30-9-12-3-5-13(6-4-12)23(26)27/h3-6,8,15-16H,7,9-10H2,1-2H3/t15-,16-,18-/m0/s1. The number of carbonyl (C=O) groups excluding carboxylic acids is 2. The number of amides is 1. The highest BCUT2D eigenvalue weighted by atomic mass is 32.2. The highest BCUT2D eigenvalue weighted by molar-refractivity contribution is 7.93. The maximum Gasteiger partial charge on any atom is 0.330 e. The van der Waals surface area contributed by atoms with Crippen LogP contribution in [0.25, 0.3) is 0 Å². The van der Waals surface area contributed by atoms with E-state index in [0.717, 1.165) is 4.90 Å². The zero-order valence-electron chi connectivity index (χ0n) is 16.7. The van der Waals surface area contributed by atoms with Gasteiger partial charge in [0.05, 0.1) is 29.8 Å². The average molecular weight is 449 g/mol. The van der Waals surface area contributed by atoms with Crippen molar-refractivity contribution in [1.29, 1.82) is 0 Å². The van der Waals surface area contributed by atoms with Gasteiger partial charge >= 0.3 is 5.97 Å². The van der Waals surface area contributed by atoms with E-state index >= 15 is 0 Å². The van der Waals surface area contributed by atoms with Crippen LogP contribution in [-0.2, 0) is 37.3 Å². The summed E-state index contributed by atoms with van der Waals surface area (Å²) in [6.45, 7) is 2.72. The summed E-state index contributed by atoms with van der Waals surface area (Å²) in [6, 6.07) is 4.08. The van der Waals surface area contributed by atoms with Crippen LogP contribution in [-0.4, -0.2) is 61.3 Å². The van der Waals surface area contributed by atoms with Crippen molar-refractivity contribution in [3.63, 3.8) is 0 Å². The zero-order chi connectivity index (χ0) is 22.6. The van der Waals surface area contributed by atoms with E-state index in [1.54, 1.807) is 6.92 Å². The minimum absolute atomic E-state index is 0.109. The lowest BCUT2D eigenvalue weighted by Crippen LogP contribution is -2.58. The number of nitro benzene ring substituents is 1. The second-order valence-electron chi connectivity index (χ2n) is 7.78. The summed E-state index contributed by atoms with van der Waals surface area (Å²) in [6.07, 6.45) is 1.29. The van der Waals surface area contributed by atoms with Gasteiger partial charge < -0.3 is 9.64 Å². The molecule has 1 aromatic carbocycles. The van der Waals surface area contributed by atoms with Crippen LogP contribution in [0, 0.1) is 17.0 Å². The predicted molar refractivity (Wildman–Crippen MR) is 104 cm³/mol. The minimum Gasteiger partial charge on any atom is -0.459 e. The Morgan fingerprint density at radius 1 is 1.35 bits per heavy atom. The van der Waals surface area contributed by atoms with Crippen molar-refractivity contribution in [3.05, 3.63) is 51.8 Å². The van der Waals surface area contributed by atoms with Crippen molar-refractivity contribution in [1.82, 2.24) is 19.9 Å². The van der Waals surface area contributed by atoms with Gasteiger partial charge in [0.1, 0.15) is 16.7 Å². The number of fused-ring (bicyclic) bond motifs is 1. The van der Waals surface area contributed by atoms with Crippen LogP contribution < -0.4 is 0 Å². The fourth-order valence-corrected chi connectivity index (χ4v) is 6.33. The Kier molecular flexibility index (Phi) is 4.80. The normalized spacial score (nSPS) is 26.3. The van der Waals surface area contributed by atoms with Crippen LogP contribution in [0.5, 0.6) is 0 Å². The van der Waals surface area contributed by atoms with E-state index in [-0.39, 0.29) is 25.3 Å². The van der Waals surface area contributed by atoms with Gasteiger partial charge in [-0.2, -0.15) is 0 Å². The van der Waals surface area contributed by atoms with Crippen molar-refractivity contribution < 1.29 is 27.7 Å². The summed E-state index contributed by atoms with van der Waals surface area (Å²) in [5.74, 6) is -1.30. The van der Waals surface area contributed by atoms with Gasteiger partial charge in [0, 0.05) is 12.1 Å². The van der Waals surface area contributed by atoms with E-state index < -0.39 is 42.8 Å². The Balaban J connectivity index is 1.60. The van der Waals surface area contributed by atoms with Gasteiger partial charge in [-0.15, -0.1) is 5.10 Å². The monoisotopic (exact) mass is 449 g/mol. The molecule has 2 aromatic rings. The maximum atomic E-state index is 13.2. The van der Waals surface area contributed by atoms with Gasteiger partial charge in [0.2, 0.25) is 5.91 Å². The van der Waals surface area contributed by atoms with Crippen molar-refractivity contribution in [2.75, 3.05) is 0 Å². The lowest BCUT2D eigenvalue weighted by molar-refractivity contribution is -0.384. The molecule has 2 saturated heterocycles. The number of hydrogen-bond acceptors (Lipinski definition) is 9. The summed E-state index contributed by atoms with van der Waals surface area (Å²) in [5, 5.41) is 17.3. The third-order valence-electron chi connectivity index (χ3n) is 5.84. The molecule has 0 aliphatic carbocycles. The molecule has 0 bridgehead atoms. The van der Waals surface area contributed by atoms with E-state index in [4.69, 9.17) is 4.74 Å². The Morgan fingerprint density at radius 2 is 2.03 bits per heavy atom. The van der Waals surface area contributed by atoms with E-state index in [1.165, 1.54) is 42.1 Å². The molecule has 1 amide bonds. The minimum atomic E-state index is -3.91. The fourth-order valence-electron chi connectivity index (χ4n) is 3.98.